The third-order valence-corrected chi connectivity index (χ3v) is 4.05. The molecule has 2 rings (SSSR count). The highest BCUT2D eigenvalue weighted by Gasteiger charge is 2.24. The number of fused-ring (bicyclic) bond motifs is 1. The van der Waals surface area contributed by atoms with Gasteiger partial charge in [0.1, 0.15) is 17.4 Å². The molecular formula is C17H22N2O4. The number of hydrogen-bond acceptors (Lipinski definition) is 4. The fourth-order valence-electron chi connectivity index (χ4n) is 2.45. The number of nitrogens with one attached hydrogen (secondary N) is 1. The molecule has 23 heavy (non-hydrogen) atoms. The Morgan fingerprint density at radius 2 is 2.13 bits per heavy atom. The number of hydrogen-bond donors (Lipinski definition) is 2. The molecular weight excluding hydrogens is 296 g/mol. The van der Waals surface area contributed by atoms with E-state index < -0.39 is 11.9 Å². The number of rotatable bonds is 7. The van der Waals surface area contributed by atoms with Gasteiger partial charge < -0.3 is 20.2 Å². The standard InChI is InChI=1S/C17H22N2O4/c1-4-10(2)16(17(18)21)19-15(20)7-11-9-23-14-8-12(22-3)5-6-13(11)14/h5-6,8-10,16H,4,7H2,1-3H3,(H2,18,21)(H,19,20)/t10-,16-/m1/s1. The number of amides is 2. The van der Waals surface area contributed by atoms with E-state index in [1.54, 1.807) is 19.4 Å². The van der Waals surface area contributed by atoms with Crippen molar-refractivity contribution >= 4 is 22.8 Å². The molecule has 2 atom stereocenters. The van der Waals surface area contributed by atoms with Crippen LogP contribution in [-0.4, -0.2) is 25.0 Å². The van der Waals surface area contributed by atoms with Gasteiger partial charge in [-0.25, -0.2) is 0 Å². The van der Waals surface area contributed by atoms with Crippen molar-refractivity contribution in [2.45, 2.75) is 32.7 Å². The lowest BCUT2D eigenvalue weighted by molar-refractivity contribution is -0.128. The molecule has 124 valence electrons. The van der Waals surface area contributed by atoms with E-state index in [1.165, 1.54) is 0 Å². The summed E-state index contributed by atoms with van der Waals surface area (Å²) in [6.07, 6.45) is 2.42. The lowest BCUT2D eigenvalue weighted by Gasteiger charge is -2.20. The highest BCUT2D eigenvalue weighted by Crippen LogP contribution is 2.25. The minimum absolute atomic E-state index is 0.0122. The van der Waals surface area contributed by atoms with Crippen molar-refractivity contribution in [1.29, 1.82) is 0 Å². The molecule has 0 aliphatic carbocycles. The number of ether oxygens (including phenoxy) is 1. The van der Waals surface area contributed by atoms with Gasteiger partial charge in [0.05, 0.1) is 19.8 Å². The van der Waals surface area contributed by atoms with E-state index in [0.717, 1.165) is 17.4 Å². The molecule has 1 aromatic carbocycles. The second kappa shape index (κ2) is 7.17. The van der Waals surface area contributed by atoms with Gasteiger partial charge in [0.15, 0.2) is 0 Å². The molecule has 0 unspecified atom stereocenters. The van der Waals surface area contributed by atoms with Crippen LogP contribution in [0, 0.1) is 5.92 Å². The van der Waals surface area contributed by atoms with Gasteiger partial charge in [-0.15, -0.1) is 0 Å². The van der Waals surface area contributed by atoms with Gasteiger partial charge in [-0.3, -0.25) is 9.59 Å². The van der Waals surface area contributed by atoms with Crippen molar-refractivity contribution < 1.29 is 18.7 Å². The van der Waals surface area contributed by atoms with E-state index in [0.29, 0.717) is 11.3 Å². The maximum Gasteiger partial charge on any atom is 0.240 e. The molecule has 0 radical (unpaired) electrons. The normalized spacial score (nSPS) is 13.5. The lowest BCUT2D eigenvalue weighted by atomic mass is 9.98. The summed E-state index contributed by atoms with van der Waals surface area (Å²) in [5.74, 6) is -0.0997. The lowest BCUT2D eigenvalue weighted by Crippen LogP contribution is -2.48. The minimum atomic E-state index is -0.661. The smallest absolute Gasteiger partial charge is 0.240 e. The summed E-state index contributed by atoms with van der Waals surface area (Å²) in [7, 11) is 1.58. The summed E-state index contributed by atoms with van der Waals surface area (Å²) >= 11 is 0. The summed E-state index contributed by atoms with van der Waals surface area (Å²) in [6.45, 7) is 3.83. The predicted molar refractivity (Wildman–Crippen MR) is 87.1 cm³/mol. The monoisotopic (exact) mass is 318 g/mol. The van der Waals surface area contributed by atoms with Crippen molar-refractivity contribution in [1.82, 2.24) is 5.32 Å². The van der Waals surface area contributed by atoms with Crippen LogP contribution in [0.5, 0.6) is 5.75 Å². The second-order valence-corrected chi connectivity index (χ2v) is 5.63. The Morgan fingerprint density at radius 3 is 2.74 bits per heavy atom. The van der Waals surface area contributed by atoms with Crippen molar-refractivity contribution in [3.8, 4) is 5.75 Å². The van der Waals surface area contributed by atoms with Gasteiger partial charge in [0, 0.05) is 17.0 Å². The predicted octanol–water partition coefficient (Wildman–Crippen LogP) is 2.00. The molecule has 0 saturated heterocycles. The number of furan rings is 1. The molecule has 0 bridgehead atoms. The maximum absolute atomic E-state index is 12.2. The van der Waals surface area contributed by atoms with Crippen molar-refractivity contribution in [2.75, 3.05) is 7.11 Å². The number of carbonyl (C=O) groups is 2. The Bertz CT molecular complexity index is 708. The van der Waals surface area contributed by atoms with Gasteiger partial charge in [-0.2, -0.15) is 0 Å². The van der Waals surface area contributed by atoms with Crippen LogP contribution >= 0.6 is 0 Å². The molecule has 0 fully saturated rings. The first-order valence-electron chi connectivity index (χ1n) is 7.59. The van der Waals surface area contributed by atoms with Crippen LogP contribution in [0.4, 0.5) is 0 Å². The van der Waals surface area contributed by atoms with E-state index in [4.69, 9.17) is 14.9 Å². The van der Waals surface area contributed by atoms with Gasteiger partial charge in [0.2, 0.25) is 11.8 Å². The van der Waals surface area contributed by atoms with Crippen molar-refractivity contribution in [2.24, 2.45) is 11.7 Å². The van der Waals surface area contributed by atoms with Crippen LogP contribution < -0.4 is 15.8 Å². The third-order valence-electron chi connectivity index (χ3n) is 4.05. The first kappa shape index (κ1) is 16.9. The average molecular weight is 318 g/mol. The van der Waals surface area contributed by atoms with Crippen molar-refractivity contribution in [3.63, 3.8) is 0 Å². The number of nitrogens with two attached hydrogens (primary N) is 1. The SMILES string of the molecule is CC[C@@H](C)[C@@H](NC(=O)Cc1coc2cc(OC)ccc12)C(N)=O. The zero-order chi connectivity index (χ0) is 17.0. The molecule has 1 aromatic heterocycles. The molecule has 0 spiro atoms. The molecule has 0 saturated carbocycles. The zero-order valence-corrected chi connectivity index (χ0v) is 13.6. The minimum Gasteiger partial charge on any atom is -0.497 e. The van der Waals surface area contributed by atoms with Crippen LogP contribution in [0.1, 0.15) is 25.8 Å². The highest BCUT2D eigenvalue weighted by atomic mass is 16.5. The van der Waals surface area contributed by atoms with Gasteiger partial charge in [-0.05, 0) is 18.1 Å². The topological polar surface area (TPSA) is 94.6 Å². The van der Waals surface area contributed by atoms with Gasteiger partial charge in [-0.1, -0.05) is 20.3 Å². The number of methoxy groups -OCH3 is 1. The molecule has 2 amide bonds. The number of carbonyl (C=O) groups excluding carboxylic acids is 2. The van der Waals surface area contributed by atoms with Crippen LogP contribution in [0.25, 0.3) is 11.0 Å². The van der Waals surface area contributed by atoms with Gasteiger partial charge in [0.25, 0.3) is 0 Å². The molecule has 2 aromatic rings. The Morgan fingerprint density at radius 1 is 1.39 bits per heavy atom. The van der Waals surface area contributed by atoms with E-state index in [-0.39, 0.29) is 18.2 Å². The molecule has 6 heteroatoms. The summed E-state index contributed by atoms with van der Waals surface area (Å²) < 4.78 is 10.6. The Hall–Kier alpha value is -2.50. The molecule has 0 aliphatic rings. The first-order chi connectivity index (χ1) is 11.0. The van der Waals surface area contributed by atoms with E-state index in [9.17, 15) is 9.59 Å². The van der Waals surface area contributed by atoms with E-state index >= 15 is 0 Å². The molecule has 1 heterocycles. The average Bonchev–Trinajstić information content (AvgIpc) is 2.93. The Balaban J connectivity index is 2.12. The first-order valence-corrected chi connectivity index (χ1v) is 7.59. The maximum atomic E-state index is 12.2. The quantitative estimate of drug-likeness (QED) is 0.816. The zero-order valence-electron chi connectivity index (χ0n) is 13.6. The summed E-state index contributed by atoms with van der Waals surface area (Å²) in [5.41, 5.74) is 6.78. The molecule has 0 aliphatic heterocycles. The van der Waals surface area contributed by atoms with Crippen LogP contribution in [0.2, 0.25) is 0 Å². The molecule has 3 N–H and O–H groups in total. The largest absolute Gasteiger partial charge is 0.497 e. The fourth-order valence-corrected chi connectivity index (χ4v) is 2.45. The number of benzene rings is 1. The van der Waals surface area contributed by atoms with E-state index in [2.05, 4.69) is 5.32 Å². The Labute approximate surface area is 135 Å². The van der Waals surface area contributed by atoms with Crippen LogP contribution in [0.3, 0.4) is 0 Å². The second-order valence-electron chi connectivity index (χ2n) is 5.63. The van der Waals surface area contributed by atoms with Crippen LogP contribution in [-0.2, 0) is 16.0 Å². The summed E-state index contributed by atoms with van der Waals surface area (Å²) in [6, 6.07) is 4.76. The van der Waals surface area contributed by atoms with E-state index in [1.807, 2.05) is 26.0 Å². The Kier molecular flexibility index (Phi) is 5.26. The van der Waals surface area contributed by atoms with Gasteiger partial charge >= 0.3 is 0 Å². The summed E-state index contributed by atoms with van der Waals surface area (Å²) in [4.78, 5) is 23.7. The molecule has 6 nitrogen and oxygen atoms in total. The highest BCUT2D eigenvalue weighted by molar-refractivity contribution is 5.91. The fraction of sp³-hybridized carbons (Fsp3) is 0.412. The number of primary amides is 1. The van der Waals surface area contributed by atoms with Crippen LogP contribution in [0.15, 0.2) is 28.9 Å². The third kappa shape index (κ3) is 3.83. The van der Waals surface area contributed by atoms with Crippen molar-refractivity contribution in [3.05, 3.63) is 30.0 Å². The summed E-state index contributed by atoms with van der Waals surface area (Å²) in [5, 5.41) is 3.56.